The Morgan fingerprint density at radius 1 is 1.42 bits per heavy atom. The molecular weight excluding hydrogens is 246 g/mol. The minimum Gasteiger partial charge on any atom is -0.477 e. The number of rotatable bonds is 2. The molecule has 0 radical (unpaired) electrons. The zero-order valence-electron chi connectivity index (χ0n) is 10.1. The number of H-pyrrole nitrogens is 1. The highest BCUT2D eigenvalue weighted by Gasteiger charge is 2.19. The van der Waals surface area contributed by atoms with Gasteiger partial charge < -0.3 is 15.4 Å². The summed E-state index contributed by atoms with van der Waals surface area (Å²) >= 11 is 0. The lowest BCUT2D eigenvalue weighted by atomic mass is 10.1. The molecule has 1 saturated heterocycles. The molecule has 3 N–H and O–H groups in total. The number of fused-ring (bicyclic) bond motifs is 1. The number of carboxylic acids is 1. The number of aromatic nitrogens is 2. The maximum Gasteiger partial charge on any atom is 0.341 e. The van der Waals surface area contributed by atoms with E-state index in [1.54, 1.807) is 6.07 Å². The summed E-state index contributed by atoms with van der Waals surface area (Å²) in [5.74, 6) is -1.24. The molecule has 0 bridgehead atoms. The quantitative estimate of drug-likeness (QED) is 0.749. The van der Waals surface area contributed by atoms with Gasteiger partial charge in [0.2, 0.25) is 5.43 Å². The van der Waals surface area contributed by atoms with Crippen LogP contribution in [0.25, 0.3) is 11.0 Å². The summed E-state index contributed by atoms with van der Waals surface area (Å²) in [5, 5.41) is 12.2. The van der Waals surface area contributed by atoms with Crippen molar-refractivity contribution in [3.05, 3.63) is 39.8 Å². The van der Waals surface area contributed by atoms with Gasteiger partial charge in [0.15, 0.2) is 0 Å². The first-order chi connectivity index (χ1) is 9.16. The van der Waals surface area contributed by atoms with Crippen molar-refractivity contribution in [1.82, 2.24) is 15.3 Å². The molecule has 98 valence electrons. The Morgan fingerprint density at radius 3 is 2.95 bits per heavy atom. The first kappa shape index (κ1) is 11.9. The first-order valence-corrected chi connectivity index (χ1v) is 6.16. The molecular formula is C13H13N3O3. The Morgan fingerprint density at radius 2 is 2.26 bits per heavy atom. The summed E-state index contributed by atoms with van der Waals surface area (Å²) in [6, 6.07) is 3.78. The number of nitrogens with zero attached hydrogens (tertiary/aromatic N) is 1. The Bertz CT molecular complexity index is 702. The SMILES string of the molecule is O=C(O)c1c[nH]c2ccc(C3CCCN3)nc2c1=O. The zero-order chi connectivity index (χ0) is 13.4. The third kappa shape index (κ3) is 2.00. The minimum atomic E-state index is -1.24. The predicted octanol–water partition coefficient (Wildman–Crippen LogP) is 1.05. The number of aromatic carboxylic acids is 1. The fourth-order valence-corrected chi connectivity index (χ4v) is 2.40. The van der Waals surface area contributed by atoms with Crippen molar-refractivity contribution in [2.75, 3.05) is 6.54 Å². The highest BCUT2D eigenvalue weighted by atomic mass is 16.4. The van der Waals surface area contributed by atoms with Crippen molar-refractivity contribution in [3.8, 4) is 0 Å². The van der Waals surface area contributed by atoms with Crippen molar-refractivity contribution < 1.29 is 9.90 Å². The highest BCUT2D eigenvalue weighted by molar-refractivity contribution is 5.91. The molecule has 1 aliphatic heterocycles. The molecule has 1 aliphatic rings. The first-order valence-electron chi connectivity index (χ1n) is 6.16. The van der Waals surface area contributed by atoms with Gasteiger partial charge in [0.05, 0.1) is 11.2 Å². The van der Waals surface area contributed by atoms with Gasteiger partial charge in [0.25, 0.3) is 0 Å². The molecule has 0 spiro atoms. The lowest BCUT2D eigenvalue weighted by Crippen LogP contribution is -2.19. The summed E-state index contributed by atoms with van der Waals surface area (Å²) in [5.41, 5.74) is 0.707. The van der Waals surface area contributed by atoms with Gasteiger partial charge in [-0.2, -0.15) is 0 Å². The normalized spacial score (nSPS) is 18.8. The molecule has 1 atom stereocenters. The van der Waals surface area contributed by atoms with E-state index < -0.39 is 11.4 Å². The Balaban J connectivity index is 2.17. The molecule has 0 aliphatic carbocycles. The van der Waals surface area contributed by atoms with Gasteiger partial charge in [0, 0.05) is 12.2 Å². The third-order valence-corrected chi connectivity index (χ3v) is 3.40. The molecule has 0 saturated carbocycles. The van der Waals surface area contributed by atoms with Crippen molar-refractivity contribution in [3.63, 3.8) is 0 Å². The van der Waals surface area contributed by atoms with Crippen molar-refractivity contribution in [2.24, 2.45) is 0 Å². The van der Waals surface area contributed by atoms with E-state index in [1.807, 2.05) is 6.07 Å². The van der Waals surface area contributed by atoms with Gasteiger partial charge in [0.1, 0.15) is 11.1 Å². The highest BCUT2D eigenvalue weighted by Crippen LogP contribution is 2.22. The van der Waals surface area contributed by atoms with Crippen LogP contribution in [-0.4, -0.2) is 27.6 Å². The summed E-state index contributed by atoms with van der Waals surface area (Å²) in [4.78, 5) is 30.1. The Hall–Kier alpha value is -2.21. The lowest BCUT2D eigenvalue weighted by Gasteiger charge is -2.10. The molecule has 0 aromatic carbocycles. The second kappa shape index (κ2) is 4.47. The van der Waals surface area contributed by atoms with Gasteiger partial charge in [-0.3, -0.25) is 4.79 Å². The number of hydrogen-bond acceptors (Lipinski definition) is 4. The van der Waals surface area contributed by atoms with E-state index in [2.05, 4.69) is 15.3 Å². The number of pyridine rings is 2. The topological polar surface area (TPSA) is 95.1 Å². The van der Waals surface area contributed by atoms with E-state index in [-0.39, 0.29) is 17.1 Å². The van der Waals surface area contributed by atoms with E-state index in [0.717, 1.165) is 25.1 Å². The molecule has 6 heteroatoms. The minimum absolute atomic E-state index is 0.150. The largest absolute Gasteiger partial charge is 0.477 e. The fourth-order valence-electron chi connectivity index (χ4n) is 2.40. The number of hydrogen-bond donors (Lipinski definition) is 3. The monoisotopic (exact) mass is 259 g/mol. The van der Waals surface area contributed by atoms with E-state index in [1.165, 1.54) is 6.20 Å². The smallest absolute Gasteiger partial charge is 0.341 e. The Kier molecular flexibility index (Phi) is 2.79. The van der Waals surface area contributed by atoms with Crippen molar-refractivity contribution >= 4 is 17.0 Å². The third-order valence-electron chi connectivity index (χ3n) is 3.40. The van der Waals surface area contributed by atoms with Crippen molar-refractivity contribution in [1.29, 1.82) is 0 Å². The average molecular weight is 259 g/mol. The summed E-state index contributed by atoms with van der Waals surface area (Å²) < 4.78 is 0. The maximum absolute atomic E-state index is 12.1. The van der Waals surface area contributed by atoms with Gasteiger partial charge in [-0.25, -0.2) is 9.78 Å². The van der Waals surface area contributed by atoms with Gasteiger partial charge >= 0.3 is 5.97 Å². The van der Waals surface area contributed by atoms with Crippen LogP contribution in [0, 0.1) is 0 Å². The predicted molar refractivity (Wildman–Crippen MR) is 69.3 cm³/mol. The molecule has 2 aromatic rings. The molecule has 1 unspecified atom stereocenters. The van der Waals surface area contributed by atoms with E-state index in [0.29, 0.717) is 5.52 Å². The molecule has 0 amide bonds. The summed E-state index contributed by atoms with van der Waals surface area (Å²) in [6.07, 6.45) is 3.27. The van der Waals surface area contributed by atoms with Crippen LogP contribution in [0.4, 0.5) is 0 Å². The zero-order valence-corrected chi connectivity index (χ0v) is 10.1. The van der Waals surface area contributed by atoms with Crippen LogP contribution >= 0.6 is 0 Å². The number of nitrogens with one attached hydrogen (secondary N) is 2. The summed E-state index contributed by atoms with van der Waals surface area (Å²) in [7, 11) is 0. The van der Waals surface area contributed by atoms with Crippen LogP contribution in [0.1, 0.15) is 34.9 Å². The van der Waals surface area contributed by atoms with Gasteiger partial charge in [-0.05, 0) is 31.5 Å². The number of carboxylic acid groups (broad SMARTS) is 1. The van der Waals surface area contributed by atoms with Crippen LogP contribution in [0.15, 0.2) is 23.1 Å². The maximum atomic E-state index is 12.1. The van der Waals surface area contributed by atoms with E-state index >= 15 is 0 Å². The lowest BCUT2D eigenvalue weighted by molar-refractivity contribution is 0.0695. The number of aromatic amines is 1. The second-order valence-corrected chi connectivity index (χ2v) is 4.62. The van der Waals surface area contributed by atoms with Crippen LogP contribution in [0.5, 0.6) is 0 Å². The molecule has 3 rings (SSSR count). The van der Waals surface area contributed by atoms with E-state index in [4.69, 9.17) is 5.11 Å². The van der Waals surface area contributed by atoms with Crippen LogP contribution < -0.4 is 10.7 Å². The Labute approximate surface area is 108 Å². The van der Waals surface area contributed by atoms with Crippen LogP contribution in [0.2, 0.25) is 0 Å². The molecule has 3 heterocycles. The molecule has 2 aromatic heterocycles. The average Bonchev–Trinajstić information content (AvgIpc) is 2.92. The van der Waals surface area contributed by atoms with Crippen LogP contribution in [-0.2, 0) is 0 Å². The summed E-state index contributed by atoms with van der Waals surface area (Å²) in [6.45, 7) is 0.940. The fraction of sp³-hybridized carbons (Fsp3) is 0.308. The van der Waals surface area contributed by atoms with Crippen molar-refractivity contribution in [2.45, 2.75) is 18.9 Å². The van der Waals surface area contributed by atoms with Gasteiger partial charge in [-0.1, -0.05) is 0 Å². The molecule has 6 nitrogen and oxygen atoms in total. The van der Waals surface area contributed by atoms with Crippen LogP contribution in [0.3, 0.4) is 0 Å². The standard InChI is InChI=1S/C13H13N3O3/c17-12-7(13(18)19)6-15-10-4-3-9(16-11(10)12)8-2-1-5-14-8/h3-4,6,8,14H,1-2,5H2,(H,15,17)(H,18,19). The van der Waals surface area contributed by atoms with Gasteiger partial charge in [-0.15, -0.1) is 0 Å². The molecule has 1 fully saturated rings. The molecule has 19 heavy (non-hydrogen) atoms. The van der Waals surface area contributed by atoms with E-state index in [9.17, 15) is 9.59 Å². The second-order valence-electron chi connectivity index (χ2n) is 4.62. The number of carbonyl (C=O) groups is 1.